The fraction of sp³-hybridized carbons (Fsp3) is 0.111. The van der Waals surface area contributed by atoms with Crippen LogP contribution in [0.4, 0.5) is 0 Å². The van der Waals surface area contributed by atoms with Crippen LogP contribution in [0.3, 0.4) is 0 Å². The zero-order valence-corrected chi connectivity index (χ0v) is 17.7. The Morgan fingerprint density at radius 1 is 0.448 bits per heavy atom. The molecule has 1 heterocycles. The minimum atomic E-state index is -0.145. The zero-order valence-electron chi connectivity index (χ0n) is 16.1. The average Bonchev–Trinajstić information content (AvgIpc) is 3.25. The quantitative estimate of drug-likeness (QED) is 0.346. The van der Waals surface area contributed by atoms with Gasteiger partial charge in [0.2, 0.25) is 0 Å². The molecular formula is C27H22S2. The molecule has 0 aromatic heterocycles. The summed E-state index contributed by atoms with van der Waals surface area (Å²) < 4.78 is -0.243. The van der Waals surface area contributed by atoms with Gasteiger partial charge in [-0.2, -0.15) is 0 Å². The highest BCUT2D eigenvalue weighted by molar-refractivity contribution is 8.21. The van der Waals surface area contributed by atoms with Crippen molar-refractivity contribution in [1.29, 1.82) is 0 Å². The molecule has 0 spiro atoms. The van der Waals surface area contributed by atoms with Crippen molar-refractivity contribution < 1.29 is 0 Å². The summed E-state index contributed by atoms with van der Waals surface area (Å²) in [7, 11) is 0. The van der Waals surface area contributed by atoms with Gasteiger partial charge in [-0.25, -0.2) is 0 Å². The summed E-state index contributed by atoms with van der Waals surface area (Å²) in [5.41, 5.74) is 5.46. The molecule has 1 aliphatic heterocycles. The van der Waals surface area contributed by atoms with Crippen LogP contribution in [0.5, 0.6) is 0 Å². The van der Waals surface area contributed by atoms with Gasteiger partial charge in [0.1, 0.15) is 4.08 Å². The first-order valence-corrected chi connectivity index (χ1v) is 11.7. The monoisotopic (exact) mass is 410 g/mol. The van der Waals surface area contributed by atoms with Crippen LogP contribution in [0.1, 0.15) is 22.3 Å². The fourth-order valence-electron chi connectivity index (χ4n) is 4.14. The van der Waals surface area contributed by atoms with Crippen molar-refractivity contribution in [3.05, 3.63) is 144 Å². The molecule has 0 bridgehead atoms. The predicted molar refractivity (Wildman–Crippen MR) is 127 cm³/mol. The lowest BCUT2D eigenvalue weighted by atomic mass is 9.92. The second-order valence-corrected chi connectivity index (χ2v) is 10.3. The molecule has 0 unspecified atom stereocenters. The van der Waals surface area contributed by atoms with Gasteiger partial charge in [0.05, 0.1) is 4.75 Å². The maximum atomic E-state index is 2.28. The van der Waals surface area contributed by atoms with E-state index in [1.54, 1.807) is 0 Å². The lowest BCUT2D eigenvalue weighted by molar-refractivity contribution is 0.861. The summed E-state index contributed by atoms with van der Waals surface area (Å²) in [6, 6.07) is 44.0. The summed E-state index contributed by atoms with van der Waals surface area (Å²) in [6.07, 6.45) is 0. The van der Waals surface area contributed by atoms with Crippen LogP contribution >= 0.6 is 23.5 Å². The molecule has 4 aromatic carbocycles. The Labute approximate surface area is 181 Å². The highest BCUT2D eigenvalue weighted by Crippen LogP contribution is 2.68. The van der Waals surface area contributed by atoms with Gasteiger partial charge in [-0.05, 0) is 22.3 Å². The van der Waals surface area contributed by atoms with E-state index < -0.39 is 0 Å². The standard InChI is InChI=1S/C27H22S2/c1-5-13-22(14-6-1)26(23-15-7-2-8-16-23)21-28-27(29-26,24-17-9-3-10-18-24)25-19-11-4-12-20-25/h1-20H,21H2. The molecule has 0 saturated carbocycles. The molecule has 4 aromatic rings. The van der Waals surface area contributed by atoms with Gasteiger partial charge in [-0.3, -0.25) is 0 Å². The molecule has 1 fully saturated rings. The highest BCUT2D eigenvalue weighted by Gasteiger charge is 2.53. The predicted octanol–water partition coefficient (Wildman–Crippen LogP) is 7.31. The minimum absolute atomic E-state index is 0.0983. The second-order valence-electron chi connectivity index (χ2n) is 7.30. The van der Waals surface area contributed by atoms with E-state index in [2.05, 4.69) is 145 Å². The van der Waals surface area contributed by atoms with Gasteiger partial charge in [0.15, 0.2) is 0 Å². The van der Waals surface area contributed by atoms with Gasteiger partial charge in [0.25, 0.3) is 0 Å². The Kier molecular flexibility index (Phi) is 4.99. The van der Waals surface area contributed by atoms with E-state index in [9.17, 15) is 0 Å². The van der Waals surface area contributed by atoms with Crippen molar-refractivity contribution in [3.63, 3.8) is 0 Å². The first-order valence-electron chi connectivity index (χ1n) is 9.90. The third-order valence-electron chi connectivity index (χ3n) is 5.58. The zero-order chi connectivity index (χ0) is 19.6. The SMILES string of the molecule is c1ccc(C2(c3ccccc3)CSC(c3ccccc3)(c3ccccc3)S2)cc1. The van der Waals surface area contributed by atoms with Crippen molar-refractivity contribution in [2.45, 2.75) is 8.83 Å². The summed E-state index contributed by atoms with van der Waals surface area (Å²) in [6.45, 7) is 0. The van der Waals surface area contributed by atoms with Crippen molar-refractivity contribution in [3.8, 4) is 0 Å². The first-order chi connectivity index (χ1) is 14.3. The smallest absolute Gasteiger partial charge is 0.112 e. The van der Waals surface area contributed by atoms with E-state index in [4.69, 9.17) is 0 Å². The van der Waals surface area contributed by atoms with Crippen LogP contribution in [0.15, 0.2) is 121 Å². The van der Waals surface area contributed by atoms with E-state index in [1.165, 1.54) is 22.3 Å². The molecule has 2 heteroatoms. The second kappa shape index (κ2) is 7.78. The van der Waals surface area contributed by atoms with Crippen LogP contribution in [0.2, 0.25) is 0 Å². The van der Waals surface area contributed by atoms with Crippen LogP contribution < -0.4 is 0 Å². The third kappa shape index (κ3) is 3.21. The van der Waals surface area contributed by atoms with Gasteiger partial charge in [0, 0.05) is 5.75 Å². The van der Waals surface area contributed by atoms with E-state index >= 15 is 0 Å². The van der Waals surface area contributed by atoms with Crippen molar-refractivity contribution >= 4 is 23.5 Å². The summed E-state index contributed by atoms with van der Waals surface area (Å²) >= 11 is 4.14. The molecule has 0 nitrogen and oxygen atoms in total. The molecule has 0 aliphatic carbocycles. The molecule has 0 N–H and O–H groups in total. The Morgan fingerprint density at radius 2 is 0.793 bits per heavy atom. The lowest BCUT2D eigenvalue weighted by Gasteiger charge is -2.34. The number of rotatable bonds is 4. The largest absolute Gasteiger partial charge is 0.132 e. The Balaban J connectivity index is 1.72. The maximum Gasteiger partial charge on any atom is 0.112 e. The summed E-state index contributed by atoms with van der Waals surface area (Å²) in [5, 5.41) is 0. The van der Waals surface area contributed by atoms with Crippen LogP contribution in [-0.4, -0.2) is 5.75 Å². The van der Waals surface area contributed by atoms with Gasteiger partial charge >= 0.3 is 0 Å². The number of hydrogen-bond donors (Lipinski definition) is 0. The normalized spacial score (nSPS) is 17.1. The van der Waals surface area contributed by atoms with Crippen LogP contribution in [0.25, 0.3) is 0 Å². The van der Waals surface area contributed by atoms with Crippen molar-refractivity contribution in [2.24, 2.45) is 0 Å². The minimum Gasteiger partial charge on any atom is -0.132 e. The van der Waals surface area contributed by atoms with Crippen LogP contribution in [-0.2, 0) is 8.83 Å². The maximum absolute atomic E-state index is 2.28. The molecule has 1 aliphatic rings. The highest BCUT2D eigenvalue weighted by atomic mass is 32.2. The van der Waals surface area contributed by atoms with Gasteiger partial charge in [-0.1, -0.05) is 121 Å². The molecule has 0 atom stereocenters. The topological polar surface area (TPSA) is 0 Å². The van der Waals surface area contributed by atoms with Gasteiger partial charge in [-0.15, -0.1) is 23.5 Å². The van der Waals surface area contributed by atoms with E-state index in [1.807, 2.05) is 0 Å². The molecule has 1 saturated heterocycles. The third-order valence-corrected chi connectivity index (χ3v) is 9.55. The first kappa shape index (κ1) is 18.6. The number of hydrogen-bond acceptors (Lipinski definition) is 2. The van der Waals surface area contributed by atoms with E-state index in [0.29, 0.717) is 0 Å². The van der Waals surface area contributed by atoms with Gasteiger partial charge < -0.3 is 0 Å². The Bertz CT molecular complexity index is 893. The fourth-order valence-corrected chi connectivity index (χ4v) is 8.24. The molecule has 5 rings (SSSR count). The molecule has 142 valence electrons. The Hall–Kier alpha value is -2.42. The molecule has 0 amide bonds. The molecule has 29 heavy (non-hydrogen) atoms. The van der Waals surface area contributed by atoms with E-state index in [-0.39, 0.29) is 8.83 Å². The van der Waals surface area contributed by atoms with Crippen molar-refractivity contribution in [1.82, 2.24) is 0 Å². The molecular weight excluding hydrogens is 388 g/mol. The number of thioether (sulfide) groups is 2. The summed E-state index contributed by atoms with van der Waals surface area (Å²) in [5.74, 6) is 1.02. The van der Waals surface area contributed by atoms with Crippen molar-refractivity contribution in [2.75, 3.05) is 5.75 Å². The number of benzene rings is 4. The molecule has 0 radical (unpaired) electrons. The van der Waals surface area contributed by atoms with Crippen LogP contribution in [0, 0.1) is 0 Å². The average molecular weight is 411 g/mol. The Morgan fingerprint density at radius 3 is 1.17 bits per heavy atom. The van der Waals surface area contributed by atoms with E-state index in [0.717, 1.165) is 5.75 Å². The lowest BCUT2D eigenvalue weighted by Crippen LogP contribution is -2.25. The summed E-state index contributed by atoms with van der Waals surface area (Å²) in [4.78, 5) is 0.